The van der Waals surface area contributed by atoms with E-state index in [9.17, 15) is 14.4 Å². The van der Waals surface area contributed by atoms with Gasteiger partial charge in [-0.15, -0.1) is 0 Å². The molecule has 2 aromatic rings. The number of amides is 1. The third kappa shape index (κ3) is 3.91. The Kier molecular flexibility index (Phi) is 6.13. The standard InChI is InChI=1S/C26H28N2O6S/c1-5-33-16-9-7-15(8-10-16)20-19-21(29)17-12-13(2)6-11-18(17)34-22(19)24(30)28(20)26-27-14(3)23(35-26)25(31)32-4/h7-10,13,17-18,20H,5-6,11-12H2,1-4H3. The van der Waals surface area contributed by atoms with E-state index in [0.29, 0.717) is 39.6 Å². The maximum absolute atomic E-state index is 13.9. The number of Topliss-reactive ketones (excluding diaryl/α,β-unsaturated/α-hetero) is 1. The summed E-state index contributed by atoms with van der Waals surface area (Å²) in [5.41, 5.74) is 1.59. The normalized spacial score (nSPS) is 25.8. The highest BCUT2D eigenvalue weighted by Crippen LogP contribution is 2.49. The summed E-state index contributed by atoms with van der Waals surface area (Å²) in [7, 11) is 1.31. The SMILES string of the molecule is CCOc1ccc(C2C3=C(OC4CCC(C)CC4C3=O)C(=O)N2c2nc(C)c(C(=O)OC)s2)cc1. The minimum Gasteiger partial charge on any atom is -0.494 e. The van der Waals surface area contributed by atoms with Gasteiger partial charge in [0.1, 0.15) is 16.7 Å². The van der Waals surface area contributed by atoms with Crippen LogP contribution in [-0.4, -0.2) is 42.5 Å². The quantitative estimate of drug-likeness (QED) is 0.567. The zero-order chi connectivity index (χ0) is 24.9. The van der Waals surface area contributed by atoms with E-state index in [0.717, 1.165) is 36.2 Å². The lowest BCUT2D eigenvalue weighted by Gasteiger charge is -2.37. The number of carbonyl (C=O) groups excluding carboxylic acids is 3. The van der Waals surface area contributed by atoms with Crippen molar-refractivity contribution in [3.63, 3.8) is 0 Å². The van der Waals surface area contributed by atoms with Crippen molar-refractivity contribution in [2.75, 3.05) is 18.6 Å². The maximum atomic E-state index is 13.9. The van der Waals surface area contributed by atoms with Gasteiger partial charge < -0.3 is 14.2 Å². The van der Waals surface area contributed by atoms with E-state index in [2.05, 4.69) is 11.9 Å². The van der Waals surface area contributed by atoms with Crippen LogP contribution in [0.3, 0.4) is 0 Å². The van der Waals surface area contributed by atoms with Gasteiger partial charge in [0.05, 0.1) is 36.9 Å². The molecule has 1 fully saturated rings. The van der Waals surface area contributed by atoms with Crippen LogP contribution in [-0.2, 0) is 19.1 Å². The Labute approximate surface area is 207 Å². The number of benzene rings is 1. The summed E-state index contributed by atoms with van der Waals surface area (Å²) in [4.78, 5) is 46.2. The molecule has 1 aliphatic carbocycles. The predicted octanol–water partition coefficient (Wildman–Crippen LogP) is 4.38. The number of methoxy groups -OCH3 is 1. The summed E-state index contributed by atoms with van der Waals surface area (Å²) in [6.45, 7) is 6.29. The number of ketones is 1. The minimum atomic E-state index is -0.699. The molecule has 35 heavy (non-hydrogen) atoms. The highest BCUT2D eigenvalue weighted by atomic mass is 32.1. The molecular formula is C26H28N2O6S. The van der Waals surface area contributed by atoms with Gasteiger partial charge in [-0.25, -0.2) is 9.78 Å². The summed E-state index contributed by atoms with van der Waals surface area (Å²) in [6.07, 6.45) is 2.17. The van der Waals surface area contributed by atoms with Crippen molar-refractivity contribution in [2.45, 2.75) is 52.2 Å². The van der Waals surface area contributed by atoms with Gasteiger partial charge in [-0.05, 0) is 56.7 Å². The van der Waals surface area contributed by atoms with Crippen LogP contribution in [0.4, 0.5) is 5.13 Å². The molecule has 0 N–H and O–H groups in total. The Hall–Kier alpha value is -3.20. The molecule has 184 valence electrons. The number of hydrogen-bond donors (Lipinski definition) is 0. The average Bonchev–Trinajstić information content (AvgIpc) is 3.37. The topological polar surface area (TPSA) is 95.0 Å². The fourth-order valence-corrected chi connectivity index (χ4v) is 6.28. The molecule has 9 heteroatoms. The summed E-state index contributed by atoms with van der Waals surface area (Å²) < 4.78 is 16.7. The monoisotopic (exact) mass is 496 g/mol. The van der Waals surface area contributed by atoms with E-state index >= 15 is 0 Å². The molecule has 8 nitrogen and oxygen atoms in total. The van der Waals surface area contributed by atoms with Crippen LogP contribution in [0.15, 0.2) is 35.6 Å². The van der Waals surface area contributed by atoms with Gasteiger partial charge in [-0.1, -0.05) is 30.4 Å². The Bertz CT molecular complexity index is 1220. The molecule has 4 atom stereocenters. The molecular weight excluding hydrogens is 468 g/mol. The van der Waals surface area contributed by atoms with Gasteiger partial charge in [0.2, 0.25) is 0 Å². The van der Waals surface area contributed by atoms with Crippen molar-refractivity contribution < 1.29 is 28.6 Å². The molecule has 4 unspecified atom stereocenters. The molecule has 3 heterocycles. The molecule has 0 bridgehead atoms. The second-order valence-electron chi connectivity index (χ2n) is 9.27. The number of esters is 1. The molecule has 5 rings (SSSR count). The molecule has 1 aromatic carbocycles. The Morgan fingerprint density at radius 1 is 1.23 bits per heavy atom. The van der Waals surface area contributed by atoms with Crippen LogP contribution in [0.2, 0.25) is 0 Å². The number of thiazole rings is 1. The average molecular weight is 497 g/mol. The highest BCUT2D eigenvalue weighted by molar-refractivity contribution is 7.17. The van der Waals surface area contributed by atoms with E-state index in [1.807, 2.05) is 31.2 Å². The second kappa shape index (κ2) is 9.11. The molecule has 1 aromatic heterocycles. The maximum Gasteiger partial charge on any atom is 0.350 e. The van der Waals surface area contributed by atoms with E-state index in [1.54, 1.807) is 6.92 Å². The van der Waals surface area contributed by atoms with Gasteiger partial charge in [-0.2, -0.15) is 0 Å². The van der Waals surface area contributed by atoms with Crippen LogP contribution in [0.1, 0.15) is 60.1 Å². The van der Waals surface area contributed by atoms with Gasteiger partial charge in [0, 0.05) is 0 Å². The Morgan fingerprint density at radius 3 is 2.66 bits per heavy atom. The third-order valence-electron chi connectivity index (χ3n) is 6.98. The van der Waals surface area contributed by atoms with Crippen molar-refractivity contribution in [3.8, 4) is 5.75 Å². The Balaban J connectivity index is 1.61. The summed E-state index contributed by atoms with van der Waals surface area (Å²) >= 11 is 1.08. The van der Waals surface area contributed by atoms with Crippen LogP contribution in [0, 0.1) is 18.8 Å². The zero-order valence-electron chi connectivity index (χ0n) is 20.2. The fraction of sp³-hybridized carbons (Fsp3) is 0.462. The first-order valence-corrected chi connectivity index (χ1v) is 12.7. The lowest BCUT2D eigenvalue weighted by molar-refractivity contribution is -0.132. The molecule has 2 aliphatic heterocycles. The predicted molar refractivity (Wildman–Crippen MR) is 129 cm³/mol. The first-order chi connectivity index (χ1) is 16.8. The first kappa shape index (κ1) is 23.5. The molecule has 1 amide bonds. The van der Waals surface area contributed by atoms with Gasteiger partial charge in [0.25, 0.3) is 5.91 Å². The number of hydrogen-bond acceptors (Lipinski definition) is 8. The number of ether oxygens (including phenoxy) is 3. The molecule has 3 aliphatic rings. The minimum absolute atomic E-state index is 0.0287. The third-order valence-corrected chi connectivity index (χ3v) is 8.12. The number of carbonyl (C=O) groups is 3. The van der Waals surface area contributed by atoms with Crippen molar-refractivity contribution in [3.05, 3.63) is 51.7 Å². The lowest BCUT2D eigenvalue weighted by atomic mass is 9.74. The van der Waals surface area contributed by atoms with Gasteiger partial charge >= 0.3 is 5.97 Å². The number of rotatable bonds is 5. The Morgan fingerprint density at radius 2 is 1.97 bits per heavy atom. The number of aromatic nitrogens is 1. The van der Waals surface area contributed by atoms with Gasteiger partial charge in [-0.3, -0.25) is 14.5 Å². The molecule has 1 saturated carbocycles. The highest BCUT2D eigenvalue weighted by Gasteiger charge is 2.53. The smallest absolute Gasteiger partial charge is 0.350 e. The van der Waals surface area contributed by atoms with E-state index in [4.69, 9.17) is 14.2 Å². The lowest BCUT2D eigenvalue weighted by Crippen LogP contribution is -2.41. The fourth-order valence-electron chi connectivity index (χ4n) is 5.27. The second-order valence-corrected chi connectivity index (χ2v) is 10.2. The molecule has 0 spiro atoms. The van der Waals surface area contributed by atoms with E-state index in [-0.39, 0.29) is 23.6 Å². The van der Waals surface area contributed by atoms with Crippen LogP contribution in [0.25, 0.3) is 0 Å². The summed E-state index contributed by atoms with van der Waals surface area (Å²) in [6, 6.07) is 6.67. The number of anilines is 1. The van der Waals surface area contributed by atoms with Crippen molar-refractivity contribution in [1.82, 2.24) is 4.98 Å². The summed E-state index contributed by atoms with van der Waals surface area (Å²) in [5, 5.41) is 0.328. The van der Waals surface area contributed by atoms with Gasteiger partial charge in [0.15, 0.2) is 16.7 Å². The van der Waals surface area contributed by atoms with E-state index < -0.39 is 17.9 Å². The first-order valence-electron chi connectivity index (χ1n) is 11.9. The number of nitrogens with zero attached hydrogens (tertiary/aromatic N) is 2. The van der Waals surface area contributed by atoms with Crippen LogP contribution < -0.4 is 9.64 Å². The zero-order valence-corrected chi connectivity index (χ0v) is 21.0. The van der Waals surface area contributed by atoms with E-state index in [1.165, 1.54) is 12.0 Å². The summed E-state index contributed by atoms with van der Waals surface area (Å²) in [5.74, 6) is 0.0180. The van der Waals surface area contributed by atoms with Crippen molar-refractivity contribution >= 4 is 34.1 Å². The van der Waals surface area contributed by atoms with Crippen molar-refractivity contribution in [1.29, 1.82) is 0 Å². The largest absolute Gasteiger partial charge is 0.494 e. The number of fused-ring (bicyclic) bond motifs is 1. The van der Waals surface area contributed by atoms with Crippen LogP contribution in [0.5, 0.6) is 5.75 Å². The van der Waals surface area contributed by atoms with Crippen molar-refractivity contribution in [2.24, 2.45) is 11.8 Å². The van der Waals surface area contributed by atoms with Crippen LogP contribution >= 0.6 is 11.3 Å². The molecule has 0 saturated heterocycles. The molecule has 0 radical (unpaired) electrons. The number of aryl methyl sites for hydroxylation is 1.